The van der Waals surface area contributed by atoms with E-state index in [9.17, 15) is 0 Å². The van der Waals surface area contributed by atoms with Gasteiger partial charge in [0.2, 0.25) is 0 Å². The fourth-order valence-electron chi connectivity index (χ4n) is 2.66. The van der Waals surface area contributed by atoms with Crippen LogP contribution < -0.4 is 0 Å². The van der Waals surface area contributed by atoms with E-state index in [1.807, 2.05) is 0 Å². The molecule has 0 heterocycles. The highest BCUT2D eigenvalue weighted by atomic mass is 14.4. The quantitative estimate of drug-likeness (QED) is 0.594. The minimum absolute atomic E-state index is 0.606. The van der Waals surface area contributed by atoms with Gasteiger partial charge in [-0.3, -0.25) is 0 Å². The monoisotopic (exact) mass is 182 g/mol. The molecule has 13 heavy (non-hydrogen) atoms. The summed E-state index contributed by atoms with van der Waals surface area (Å²) >= 11 is 0. The van der Waals surface area contributed by atoms with E-state index in [-0.39, 0.29) is 0 Å². The smallest absolute Gasteiger partial charge is 0.0303 e. The molecule has 0 radical (unpaired) electrons. The van der Waals surface area contributed by atoms with Gasteiger partial charge in [0, 0.05) is 0 Å². The van der Waals surface area contributed by atoms with Crippen molar-refractivity contribution in [3.63, 3.8) is 0 Å². The maximum atomic E-state index is 2.48. The highest BCUT2D eigenvalue weighted by Gasteiger charge is 2.30. The maximum absolute atomic E-state index is 2.48. The van der Waals surface area contributed by atoms with Crippen LogP contribution in [0.15, 0.2) is 0 Å². The molecule has 0 amide bonds. The lowest BCUT2D eigenvalue weighted by Gasteiger charge is -2.35. The lowest BCUT2D eigenvalue weighted by molar-refractivity contribution is 0.156. The molecule has 0 nitrogen and oxygen atoms in total. The van der Waals surface area contributed by atoms with Crippen molar-refractivity contribution in [3.8, 4) is 0 Å². The van der Waals surface area contributed by atoms with Crippen LogP contribution in [-0.4, -0.2) is 0 Å². The lowest BCUT2D eigenvalue weighted by atomic mass is 9.70. The van der Waals surface area contributed by atoms with Gasteiger partial charge in [0.15, 0.2) is 0 Å². The van der Waals surface area contributed by atoms with Crippen LogP contribution >= 0.6 is 0 Å². The number of rotatable bonds is 4. The molecule has 1 unspecified atom stereocenters. The average Bonchev–Trinajstić information content (AvgIpc) is 2.56. The molecule has 0 heteroatoms. The van der Waals surface area contributed by atoms with E-state index in [1.165, 1.54) is 38.5 Å². The second kappa shape index (κ2) is 4.48. The third-order valence-corrected chi connectivity index (χ3v) is 4.43. The molecule has 0 aliphatic heterocycles. The van der Waals surface area contributed by atoms with Crippen LogP contribution in [0.3, 0.4) is 0 Å². The zero-order chi connectivity index (χ0) is 9.90. The number of hydrogen-bond donors (Lipinski definition) is 0. The molecule has 1 aliphatic carbocycles. The van der Waals surface area contributed by atoms with Crippen LogP contribution in [0.1, 0.15) is 66.2 Å². The highest BCUT2D eigenvalue weighted by Crippen LogP contribution is 2.42. The molecule has 78 valence electrons. The summed E-state index contributed by atoms with van der Waals surface area (Å²) in [6, 6.07) is 0. The molecule has 0 saturated heterocycles. The Balaban J connectivity index is 2.46. The molecule has 0 aromatic rings. The average molecular weight is 182 g/mol. The topological polar surface area (TPSA) is 0 Å². The highest BCUT2D eigenvalue weighted by molar-refractivity contribution is 4.81. The second-order valence-corrected chi connectivity index (χ2v) is 5.52. The van der Waals surface area contributed by atoms with Crippen LogP contribution in [0, 0.1) is 17.3 Å². The summed E-state index contributed by atoms with van der Waals surface area (Å²) in [4.78, 5) is 0. The van der Waals surface area contributed by atoms with Gasteiger partial charge in [0.1, 0.15) is 0 Å². The standard InChI is InChI=1S/C13H26/c1-5-13(4,11(2)3)10-12-8-6-7-9-12/h11-12H,5-10H2,1-4H3. The van der Waals surface area contributed by atoms with Crippen molar-refractivity contribution in [2.45, 2.75) is 66.2 Å². The first-order valence-corrected chi connectivity index (χ1v) is 6.08. The predicted octanol–water partition coefficient (Wildman–Crippen LogP) is 4.64. The van der Waals surface area contributed by atoms with Gasteiger partial charge in [0.25, 0.3) is 0 Å². The van der Waals surface area contributed by atoms with E-state index >= 15 is 0 Å². The van der Waals surface area contributed by atoms with Crippen LogP contribution in [-0.2, 0) is 0 Å². The predicted molar refractivity (Wildman–Crippen MR) is 59.8 cm³/mol. The number of hydrogen-bond acceptors (Lipinski definition) is 0. The summed E-state index contributed by atoms with van der Waals surface area (Å²) < 4.78 is 0. The van der Waals surface area contributed by atoms with Crippen LogP contribution in [0.4, 0.5) is 0 Å². The first-order valence-electron chi connectivity index (χ1n) is 6.08. The zero-order valence-electron chi connectivity index (χ0n) is 9.90. The lowest BCUT2D eigenvalue weighted by Crippen LogP contribution is -2.25. The third-order valence-electron chi connectivity index (χ3n) is 4.43. The normalized spacial score (nSPS) is 23.8. The molecule has 0 bridgehead atoms. The fourth-order valence-corrected chi connectivity index (χ4v) is 2.66. The van der Waals surface area contributed by atoms with Crippen LogP contribution in [0.2, 0.25) is 0 Å². The largest absolute Gasteiger partial charge is 0.0649 e. The Morgan fingerprint density at radius 2 is 1.77 bits per heavy atom. The van der Waals surface area contributed by atoms with Gasteiger partial charge in [0.05, 0.1) is 0 Å². The Kier molecular flexibility index (Phi) is 3.82. The van der Waals surface area contributed by atoms with Gasteiger partial charge in [-0.15, -0.1) is 0 Å². The first-order chi connectivity index (χ1) is 6.08. The Bertz CT molecular complexity index is 142. The molecule has 1 aliphatic rings. The van der Waals surface area contributed by atoms with Crippen molar-refractivity contribution in [3.05, 3.63) is 0 Å². The summed E-state index contributed by atoms with van der Waals surface area (Å²) in [6.45, 7) is 9.61. The molecule has 1 saturated carbocycles. The SMILES string of the molecule is CCC(C)(CC1CCCC1)C(C)C. The molecule has 1 rings (SSSR count). The summed E-state index contributed by atoms with van der Waals surface area (Å²) in [6.07, 6.45) is 8.80. The van der Waals surface area contributed by atoms with E-state index < -0.39 is 0 Å². The van der Waals surface area contributed by atoms with E-state index in [2.05, 4.69) is 27.7 Å². The third kappa shape index (κ3) is 2.72. The van der Waals surface area contributed by atoms with Gasteiger partial charge in [-0.25, -0.2) is 0 Å². The van der Waals surface area contributed by atoms with E-state index in [0.717, 1.165) is 11.8 Å². The summed E-state index contributed by atoms with van der Waals surface area (Å²) in [7, 11) is 0. The van der Waals surface area contributed by atoms with Gasteiger partial charge >= 0.3 is 0 Å². The fraction of sp³-hybridized carbons (Fsp3) is 1.00. The maximum Gasteiger partial charge on any atom is -0.0303 e. The summed E-state index contributed by atoms with van der Waals surface area (Å²) in [5.41, 5.74) is 0.606. The van der Waals surface area contributed by atoms with Gasteiger partial charge in [-0.05, 0) is 23.7 Å². The molecular weight excluding hydrogens is 156 g/mol. The van der Waals surface area contributed by atoms with Crippen molar-refractivity contribution in [1.29, 1.82) is 0 Å². The van der Waals surface area contributed by atoms with Crippen molar-refractivity contribution in [2.75, 3.05) is 0 Å². The second-order valence-electron chi connectivity index (χ2n) is 5.52. The Morgan fingerprint density at radius 1 is 1.23 bits per heavy atom. The van der Waals surface area contributed by atoms with Crippen molar-refractivity contribution < 1.29 is 0 Å². The Labute approximate surface area is 84.1 Å². The van der Waals surface area contributed by atoms with Gasteiger partial charge in [-0.2, -0.15) is 0 Å². The minimum Gasteiger partial charge on any atom is -0.0649 e. The van der Waals surface area contributed by atoms with Crippen LogP contribution in [0.5, 0.6) is 0 Å². The molecule has 0 N–H and O–H groups in total. The van der Waals surface area contributed by atoms with Gasteiger partial charge in [-0.1, -0.05) is 59.8 Å². The summed E-state index contributed by atoms with van der Waals surface area (Å²) in [5, 5.41) is 0. The minimum atomic E-state index is 0.606. The van der Waals surface area contributed by atoms with Crippen LogP contribution in [0.25, 0.3) is 0 Å². The molecule has 0 aromatic carbocycles. The molecule has 1 atom stereocenters. The molecule has 0 spiro atoms. The van der Waals surface area contributed by atoms with E-state index in [0.29, 0.717) is 5.41 Å². The van der Waals surface area contributed by atoms with Crippen molar-refractivity contribution >= 4 is 0 Å². The van der Waals surface area contributed by atoms with Gasteiger partial charge < -0.3 is 0 Å². The first kappa shape index (κ1) is 11.1. The zero-order valence-corrected chi connectivity index (χ0v) is 9.90. The molecule has 0 aromatic heterocycles. The van der Waals surface area contributed by atoms with E-state index in [4.69, 9.17) is 0 Å². The Hall–Kier alpha value is 0. The summed E-state index contributed by atoms with van der Waals surface area (Å²) in [5.74, 6) is 1.89. The Morgan fingerprint density at radius 3 is 2.15 bits per heavy atom. The van der Waals surface area contributed by atoms with Crippen molar-refractivity contribution in [1.82, 2.24) is 0 Å². The van der Waals surface area contributed by atoms with E-state index in [1.54, 1.807) is 0 Å². The molecule has 1 fully saturated rings. The molecular formula is C13H26. The van der Waals surface area contributed by atoms with Crippen molar-refractivity contribution in [2.24, 2.45) is 17.3 Å².